The number of rotatable bonds is 7. The lowest BCUT2D eigenvalue weighted by Crippen LogP contribution is -2.29. The summed E-state index contributed by atoms with van der Waals surface area (Å²) in [4.78, 5) is 17.9. The predicted molar refractivity (Wildman–Crippen MR) is 92.3 cm³/mol. The van der Waals surface area contributed by atoms with Crippen LogP contribution in [0.2, 0.25) is 0 Å². The first-order valence-corrected chi connectivity index (χ1v) is 8.87. The third-order valence-corrected chi connectivity index (χ3v) is 5.26. The molecular weight excluding hydrogens is 298 g/mol. The number of aryl methyl sites for hydroxylation is 2. The molecule has 0 saturated heterocycles. The van der Waals surface area contributed by atoms with Crippen molar-refractivity contribution in [3.05, 3.63) is 56.4 Å². The second-order valence-electron chi connectivity index (χ2n) is 5.00. The van der Waals surface area contributed by atoms with Gasteiger partial charge in [0.15, 0.2) is 0 Å². The molecule has 2 nitrogen and oxygen atoms in total. The Morgan fingerprint density at radius 3 is 2.90 bits per heavy atom. The van der Waals surface area contributed by atoms with Crippen LogP contribution in [0.4, 0.5) is 0 Å². The van der Waals surface area contributed by atoms with Gasteiger partial charge in [-0.05, 0) is 36.4 Å². The molecule has 0 aliphatic heterocycles. The molecule has 0 aliphatic rings. The van der Waals surface area contributed by atoms with Gasteiger partial charge in [0.1, 0.15) is 0 Å². The Hall–Kier alpha value is -1.39. The van der Waals surface area contributed by atoms with Crippen molar-refractivity contribution in [1.29, 1.82) is 0 Å². The highest BCUT2D eigenvalue weighted by Crippen LogP contribution is 2.25. The maximum absolute atomic E-state index is 12.7. The van der Waals surface area contributed by atoms with Crippen LogP contribution >= 0.6 is 22.7 Å². The summed E-state index contributed by atoms with van der Waals surface area (Å²) < 4.78 is 0. The quantitative estimate of drug-likeness (QED) is 0.665. The monoisotopic (exact) mass is 319 g/mol. The Morgan fingerprint density at radius 1 is 1.48 bits per heavy atom. The molecule has 0 aromatic carbocycles. The number of hydrogen-bond donors (Lipinski definition) is 0. The van der Waals surface area contributed by atoms with Gasteiger partial charge in [0.2, 0.25) is 0 Å². The molecule has 0 aliphatic carbocycles. The Kier molecular flexibility index (Phi) is 5.76. The van der Waals surface area contributed by atoms with Crippen LogP contribution in [-0.2, 0) is 13.0 Å². The second kappa shape index (κ2) is 7.57. The van der Waals surface area contributed by atoms with Gasteiger partial charge in [0, 0.05) is 16.3 Å². The van der Waals surface area contributed by atoms with Crippen LogP contribution in [-0.4, -0.2) is 17.4 Å². The lowest BCUT2D eigenvalue weighted by atomic mass is 10.1. The predicted octanol–water partition coefficient (Wildman–Crippen LogP) is 4.90. The Bertz CT molecular complexity index is 598. The third kappa shape index (κ3) is 4.05. The van der Waals surface area contributed by atoms with Crippen LogP contribution in [0, 0.1) is 6.92 Å². The summed E-state index contributed by atoms with van der Waals surface area (Å²) in [6, 6.07) is 6.15. The van der Waals surface area contributed by atoms with E-state index in [2.05, 4.69) is 32.6 Å². The molecule has 2 aromatic rings. The van der Waals surface area contributed by atoms with Gasteiger partial charge in [-0.25, -0.2) is 0 Å². The molecule has 2 aromatic heterocycles. The number of carbonyl (C=O) groups excluding carboxylic acids is 1. The molecule has 21 heavy (non-hydrogen) atoms. The van der Waals surface area contributed by atoms with Gasteiger partial charge in [0.05, 0.1) is 11.4 Å². The fourth-order valence-electron chi connectivity index (χ4n) is 2.26. The molecule has 0 unspecified atom stereocenters. The van der Waals surface area contributed by atoms with E-state index in [1.54, 1.807) is 28.7 Å². The van der Waals surface area contributed by atoms with Gasteiger partial charge in [-0.2, -0.15) is 0 Å². The minimum atomic E-state index is 0.110. The first-order chi connectivity index (χ1) is 10.2. The van der Waals surface area contributed by atoms with E-state index >= 15 is 0 Å². The molecule has 0 spiro atoms. The maximum Gasteiger partial charge on any atom is 0.264 e. The molecule has 4 heteroatoms. The second-order valence-corrected chi connectivity index (χ2v) is 7.28. The zero-order chi connectivity index (χ0) is 15.2. The minimum absolute atomic E-state index is 0.110. The van der Waals surface area contributed by atoms with E-state index in [0.717, 1.165) is 17.7 Å². The fourth-order valence-corrected chi connectivity index (χ4v) is 4.02. The molecule has 2 rings (SSSR count). The van der Waals surface area contributed by atoms with E-state index < -0.39 is 0 Å². The highest BCUT2D eigenvalue weighted by atomic mass is 32.1. The minimum Gasteiger partial charge on any atom is -0.329 e. The average Bonchev–Trinajstić information content (AvgIpc) is 3.09. The van der Waals surface area contributed by atoms with Crippen molar-refractivity contribution in [2.75, 3.05) is 6.54 Å². The van der Waals surface area contributed by atoms with E-state index in [1.165, 1.54) is 15.3 Å². The number of nitrogens with zero attached hydrogens (tertiary/aromatic N) is 1. The molecule has 0 atom stereocenters. The van der Waals surface area contributed by atoms with Gasteiger partial charge in [-0.1, -0.05) is 25.5 Å². The number of thiophene rings is 2. The van der Waals surface area contributed by atoms with E-state index in [0.29, 0.717) is 13.1 Å². The molecule has 0 saturated carbocycles. The summed E-state index contributed by atoms with van der Waals surface area (Å²) in [5.74, 6) is 0.110. The van der Waals surface area contributed by atoms with Gasteiger partial charge < -0.3 is 4.90 Å². The number of carbonyl (C=O) groups is 1. The standard InChI is InChI=1S/C17H21NOS2/c1-4-7-14-11-16(21-13(14)3)17(19)18(9-5-2)12-15-8-6-10-20-15/h5-6,8,10-11H,2,4,7,9,12H2,1,3H3. The van der Waals surface area contributed by atoms with Crippen molar-refractivity contribution in [3.8, 4) is 0 Å². The topological polar surface area (TPSA) is 20.3 Å². The smallest absolute Gasteiger partial charge is 0.264 e. The van der Waals surface area contributed by atoms with Crippen molar-refractivity contribution >= 4 is 28.6 Å². The summed E-state index contributed by atoms with van der Waals surface area (Å²) in [5.41, 5.74) is 1.31. The largest absolute Gasteiger partial charge is 0.329 e. The van der Waals surface area contributed by atoms with Crippen molar-refractivity contribution in [2.24, 2.45) is 0 Å². The van der Waals surface area contributed by atoms with Crippen LogP contribution in [0.5, 0.6) is 0 Å². The van der Waals surface area contributed by atoms with Crippen molar-refractivity contribution in [1.82, 2.24) is 4.90 Å². The summed E-state index contributed by atoms with van der Waals surface area (Å²) in [7, 11) is 0. The lowest BCUT2D eigenvalue weighted by molar-refractivity contribution is 0.0769. The fraction of sp³-hybridized carbons (Fsp3) is 0.353. The van der Waals surface area contributed by atoms with Crippen molar-refractivity contribution in [2.45, 2.75) is 33.2 Å². The van der Waals surface area contributed by atoms with Crippen LogP contribution < -0.4 is 0 Å². The highest BCUT2D eigenvalue weighted by Gasteiger charge is 2.18. The first kappa shape index (κ1) is 16.0. The van der Waals surface area contributed by atoms with E-state index in [4.69, 9.17) is 0 Å². The molecule has 0 radical (unpaired) electrons. The van der Waals surface area contributed by atoms with Crippen LogP contribution in [0.15, 0.2) is 36.2 Å². The maximum atomic E-state index is 12.7. The van der Waals surface area contributed by atoms with Gasteiger partial charge >= 0.3 is 0 Å². The van der Waals surface area contributed by atoms with Crippen LogP contribution in [0.25, 0.3) is 0 Å². The zero-order valence-electron chi connectivity index (χ0n) is 12.6. The summed E-state index contributed by atoms with van der Waals surface area (Å²) in [6.45, 7) is 9.27. The highest BCUT2D eigenvalue weighted by molar-refractivity contribution is 7.14. The normalized spacial score (nSPS) is 10.6. The van der Waals surface area contributed by atoms with Crippen LogP contribution in [0.3, 0.4) is 0 Å². The van der Waals surface area contributed by atoms with E-state index in [9.17, 15) is 4.79 Å². The van der Waals surface area contributed by atoms with Crippen LogP contribution in [0.1, 0.15) is 38.3 Å². The van der Waals surface area contributed by atoms with Gasteiger partial charge in [0.25, 0.3) is 5.91 Å². The summed E-state index contributed by atoms with van der Waals surface area (Å²) >= 11 is 3.29. The molecule has 112 valence electrons. The lowest BCUT2D eigenvalue weighted by Gasteiger charge is -2.19. The Morgan fingerprint density at radius 2 is 2.29 bits per heavy atom. The van der Waals surface area contributed by atoms with Crippen molar-refractivity contribution in [3.63, 3.8) is 0 Å². The van der Waals surface area contributed by atoms with E-state index in [-0.39, 0.29) is 5.91 Å². The molecule has 0 N–H and O–H groups in total. The first-order valence-electron chi connectivity index (χ1n) is 7.17. The molecule has 2 heterocycles. The van der Waals surface area contributed by atoms with Gasteiger partial charge in [-0.15, -0.1) is 29.3 Å². The van der Waals surface area contributed by atoms with Crippen molar-refractivity contribution < 1.29 is 4.79 Å². The number of amides is 1. The average molecular weight is 319 g/mol. The summed E-state index contributed by atoms with van der Waals surface area (Å²) in [5, 5.41) is 2.04. The molecule has 0 bridgehead atoms. The molecular formula is C17H21NOS2. The molecule has 1 amide bonds. The Balaban J connectivity index is 2.17. The third-order valence-electron chi connectivity index (χ3n) is 3.31. The Labute approximate surface area is 134 Å². The van der Waals surface area contributed by atoms with Gasteiger partial charge in [-0.3, -0.25) is 4.79 Å². The SMILES string of the molecule is C=CCN(Cc1cccs1)C(=O)c1cc(CCC)c(C)s1. The number of hydrogen-bond acceptors (Lipinski definition) is 3. The van der Waals surface area contributed by atoms with E-state index in [1.807, 2.05) is 16.3 Å². The zero-order valence-corrected chi connectivity index (χ0v) is 14.2. The molecule has 0 fully saturated rings. The summed E-state index contributed by atoms with van der Waals surface area (Å²) in [6.07, 6.45) is 3.94.